The van der Waals surface area contributed by atoms with E-state index in [-0.39, 0.29) is 0 Å². The van der Waals surface area contributed by atoms with Crippen molar-refractivity contribution in [3.05, 3.63) is 0 Å². The molecule has 1 atom stereocenters. The zero-order valence-corrected chi connectivity index (χ0v) is 15.1. The number of rotatable bonds is 1. The van der Waals surface area contributed by atoms with E-state index in [2.05, 4.69) is 0 Å². The van der Waals surface area contributed by atoms with Crippen molar-refractivity contribution in [3.63, 3.8) is 0 Å². The monoisotopic (exact) mass is 595 g/mol. The first kappa shape index (κ1) is 30.6. The predicted octanol–water partition coefficient (Wildman–Crippen LogP) is 6.88. The van der Waals surface area contributed by atoms with Crippen LogP contribution in [0.15, 0.2) is 0 Å². The van der Waals surface area contributed by atoms with Crippen molar-refractivity contribution >= 4 is 0 Å². The standard InChI is InChI=1S/C12F23N/c13-1(10(28,29)30)2(14,15)4(18,19)8(26,5(20,21)3(1,16)17)36-9(27,11(31,32)33)6(22,23)7(24,25)12(36,34)35. The van der Waals surface area contributed by atoms with Gasteiger partial charge in [0.05, 0.1) is 0 Å². The highest BCUT2D eigenvalue weighted by Gasteiger charge is 3.11. The molecule has 1 unspecified atom stereocenters. The van der Waals surface area contributed by atoms with Crippen molar-refractivity contribution in [1.82, 2.24) is 4.90 Å². The summed E-state index contributed by atoms with van der Waals surface area (Å²) in [5.74, 6) is -71.4. The number of likely N-dealkylation sites (tertiary alicyclic amines) is 1. The van der Waals surface area contributed by atoms with E-state index in [1.807, 2.05) is 0 Å². The normalized spacial score (nSPS) is 40.8. The number of halogens is 23. The van der Waals surface area contributed by atoms with Crippen LogP contribution in [0.1, 0.15) is 0 Å². The molecule has 0 bridgehead atoms. The summed E-state index contributed by atoms with van der Waals surface area (Å²) in [5, 5.41) is 0. The third-order valence-electron chi connectivity index (χ3n) is 5.34. The van der Waals surface area contributed by atoms with Gasteiger partial charge >= 0.3 is 71.2 Å². The molecule has 2 fully saturated rings. The van der Waals surface area contributed by atoms with E-state index in [1.54, 1.807) is 0 Å². The Morgan fingerprint density at radius 2 is 0.667 bits per heavy atom. The lowest BCUT2D eigenvalue weighted by atomic mass is 9.69. The Balaban J connectivity index is 3.26. The van der Waals surface area contributed by atoms with Crippen LogP contribution in [0.5, 0.6) is 0 Å². The van der Waals surface area contributed by atoms with Crippen LogP contribution in [0, 0.1) is 0 Å². The van der Waals surface area contributed by atoms with Crippen LogP contribution in [-0.4, -0.2) is 76.1 Å². The van der Waals surface area contributed by atoms with Crippen LogP contribution in [0.2, 0.25) is 0 Å². The fourth-order valence-corrected chi connectivity index (χ4v) is 3.46. The Morgan fingerprint density at radius 3 is 0.917 bits per heavy atom. The van der Waals surface area contributed by atoms with Gasteiger partial charge in [-0.05, 0) is 0 Å². The molecular formula is C12F23N. The van der Waals surface area contributed by atoms with Gasteiger partial charge in [-0.2, -0.15) is 87.8 Å². The zero-order chi connectivity index (χ0) is 29.6. The highest BCUT2D eigenvalue weighted by molar-refractivity contribution is 5.34. The van der Waals surface area contributed by atoms with Gasteiger partial charge in [-0.3, -0.25) is 0 Å². The minimum absolute atomic E-state index is 5.16. The average molecular weight is 595 g/mol. The number of hydrogen-bond acceptors (Lipinski definition) is 1. The van der Waals surface area contributed by atoms with Gasteiger partial charge < -0.3 is 0 Å². The van der Waals surface area contributed by atoms with E-state index in [1.165, 1.54) is 0 Å². The van der Waals surface area contributed by atoms with E-state index >= 15 is 0 Å². The lowest BCUT2D eigenvalue weighted by molar-refractivity contribution is -0.538. The van der Waals surface area contributed by atoms with Crippen LogP contribution in [0.3, 0.4) is 0 Å². The molecule has 24 heteroatoms. The van der Waals surface area contributed by atoms with E-state index < -0.39 is 76.1 Å². The average Bonchev–Trinajstić information content (AvgIpc) is 2.70. The third-order valence-corrected chi connectivity index (χ3v) is 5.34. The van der Waals surface area contributed by atoms with E-state index in [9.17, 15) is 101 Å². The van der Waals surface area contributed by atoms with Gasteiger partial charge in [0.15, 0.2) is 0 Å². The molecular weight excluding hydrogens is 595 g/mol. The van der Waals surface area contributed by atoms with Crippen molar-refractivity contribution < 1.29 is 101 Å². The van der Waals surface area contributed by atoms with Gasteiger partial charge in [0.2, 0.25) is 0 Å². The van der Waals surface area contributed by atoms with Gasteiger partial charge in [0.1, 0.15) is 0 Å². The SMILES string of the molecule is FC(F)(F)C1(F)N(C2(F)C(F)(F)C(F)(F)C(F)(C(F)(F)F)C(F)(F)C2(F)F)C(F)(F)C(F)(F)C1(F)F. The molecule has 1 heterocycles. The molecule has 2 aliphatic rings. The molecule has 1 aliphatic heterocycles. The first-order chi connectivity index (χ1) is 15.1. The largest absolute Gasteiger partial charge is 0.443 e. The molecule has 0 aromatic rings. The van der Waals surface area contributed by atoms with Gasteiger partial charge in [-0.25, -0.2) is 13.2 Å². The molecule has 0 radical (unpaired) electrons. The fraction of sp³-hybridized carbons (Fsp3) is 1.00. The molecule has 0 N–H and O–H groups in total. The lowest BCUT2D eigenvalue weighted by Crippen LogP contribution is -2.92. The van der Waals surface area contributed by atoms with Crippen LogP contribution < -0.4 is 0 Å². The summed E-state index contributed by atoms with van der Waals surface area (Å²) in [6.07, 6.45) is -16.9. The zero-order valence-electron chi connectivity index (χ0n) is 15.1. The summed E-state index contributed by atoms with van der Waals surface area (Å²) in [6.45, 7) is 0. The van der Waals surface area contributed by atoms with Crippen molar-refractivity contribution in [2.45, 2.75) is 71.2 Å². The lowest BCUT2D eigenvalue weighted by Gasteiger charge is -2.58. The van der Waals surface area contributed by atoms with Gasteiger partial charge in [0, 0.05) is 0 Å². The predicted molar refractivity (Wildman–Crippen MR) is 60.1 cm³/mol. The van der Waals surface area contributed by atoms with Gasteiger partial charge in [-0.1, -0.05) is 0 Å². The van der Waals surface area contributed by atoms with Crippen molar-refractivity contribution in [3.8, 4) is 0 Å². The molecule has 0 spiro atoms. The quantitative estimate of drug-likeness (QED) is 0.236. The molecule has 1 aliphatic carbocycles. The second-order valence-corrected chi connectivity index (χ2v) is 7.22. The number of alkyl halides is 23. The number of nitrogens with zero attached hydrogens (tertiary/aromatic N) is 1. The highest BCUT2D eigenvalue weighted by Crippen LogP contribution is 2.78. The second-order valence-electron chi connectivity index (χ2n) is 7.22. The van der Waals surface area contributed by atoms with Crippen LogP contribution in [0.25, 0.3) is 0 Å². The van der Waals surface area contributed by atoms with E-state index in [4.69, 9.17) is 0 Å². The fourth-order valence-electron chi connectivity index (χ4n) is 3.46. The van der Waals surface area contributed by atoms with E-state index in [0.29, 0.717) is 0 Å². The second kappa shape index (κ2) is 6.49. The minimum Gasteiger partial charge on any atom is -0.219 e. The Labute approximate surface area is 178 Å². The van der Waals surface area contributed by atoms with Crippen molar-refractivity contribution in [2.24, 2.45) is 0 Å². The molecule has 0 amide bonds. The summed E-state index contributed by atoms with van der Waals surface area (Å²) >= 11 is 0. The summed E-state index contributed by atoms with van der Waals surface area (Å²) < 4.78 is 312. The third kappa shape index (κ3) is 2.39. The molecule has 1 saturated carbocycles. The van der Waals surface area contributed by atoms with Crippen LogP contribution >= 0.6 is 0 Å². The first-order valence-electron chi connectivity index (χ1n) is 7.77. The summed E-state index contributed by atoms with van der Waals surface area (Å²) in [7, 11) is 0. The Hall–Kier alpha value is -1.65. The van der Waals surface area contributed by atoms with E-state index in [0.717, 1.165) is 0 Å². The summed E-state index contributed by atoms with van der Waals surface area (Å²) in [5.41, 5.74) is -8.83. The molecule has 36 heavy (non-hydrogen) atoms. The molecule has 214 valence electrons. The smallest absolute Gasteiger partial charge is 0.219 e. The molecule has 0 aromatic carbocycles. The van der Waals surface area contributed by atoms with Crippen molar-refractivity contribution in [2.75, 3.05) is 0 Å². The summed E-state index contributed by atoms with van der Waals surface area (Å²) in [4.78, 5) is -5.16. The topological polar surface area (TPSA) is 3.24 Å². The molecule has 1 nitrogen and oxygen atoms in total. The molecule has 0 aromatic heterocycles. The molecule has 1 saturated heterocycles. The number of hydrogen-bond donors (Lipinski definition) is 0. The maximum absolute atomic E-state index is 14.8. The minimum atomic E-state index is -9.30. The maximum atomic E-state index is 14.8. The van der Waals surface area contributed by atoms with Crippen LogP contribution in [0.4, 0.5) is 101 Å². The van der Waals surface area contributed by atoms with Gasteiger partial charge in [0.25, 0.3) is 0 Å². The Kier molecular flexibility index (Phi) is 5.51. The maximum Gasteiger partial charge on any atom is 0.443 e. The first-order valence-corrected chi connectivity index (χ1v) is 7.77. The van der Waals surface area contributed by atoms with Crippen molar-refractivity contribution in [1.29, 1.82) is 0 Å². The Morgan fingerprint density at radius 1 is 0.361 bits per heavy atom. The highest BCUT2D eigenvalue weighted by atomic mass is 19.4. The summed E-state index contributed by atoms with van der Waals surface area (Å²) in [6, 6.07) is -8.59. The van der Waals surface area contributed by atoms with Crippen LogP contribution in [-0.2, 0) is 0 Å². The molecule has 2 rings (SSSR count). The van der Waals surface area contributed by atoms with Gasteiger partial charge in [-0.15, -0.1) is 4.90 Å². The Bertz CT molecular complexity index is 894.